The maximum Gasteiger partial charge on any atom is 0.338 e. The lowest BCUT2D eigenvalue weighted by atomic mass is 10.2. The molecule has 1 amide bonds. The van der Waals surface area contributed by atoms with Crippen molar-refractivity contribution in [1.82, 2.24) is 5.32 Å². The summed E-state index contributed by atoms with van der Waals surface area (Å²) in [4.78, 5) is 24.3. The monoisotopic (exact) mass is 307 g/mol. The fraction of sp³-hybridized carbons (Fsp3) is 0.200. The van der Waals surface area contributed by atoms with Crippen molar-refractivity contribution in [3.05, 3.63) is 58.0 Å². The Bertz CT molecular complexity index is 596. The zero-order valence-electron chi connectivity index (χ0n) is 11.2. The predicted octanol–water partition coefficient (Wildman–Crippen LogP) is 2.40. The zero-order chi connectivity index (χ0) is 15.1. The predicted molar refractivity (Wildman–Crippen MR) is 77.7 cm³/mol. The summed E-state index contributed by atoms with van der Waals surface area (Å²) in [6.45, 7) is 0.147. The van der Waals surface area contributed by atoms with Crippen molar-refractivity contribution in [3.8, 4) is 0 Å². The number of halogens is 1. The molecule has 0 fully saturated rings. The lowest BCUT2D eigenvalue weighted by molar-refractivity contribution is -0.124. The largest absolute Gasteiger partial charge is 0.452 e. The zero-order valence-corrected chi connectivity index (χ0v) is 12.0. The Morgan fingerprint density at radius 2 is 1.95 bits per heavy atom. The van der Waals surface area contributed by atoms with Crippen molar-refractivity contribution < 1.29 is 18.7 Å². The molecular weight excluding hydrogens is 293 g/mol. The Kier molecular flexibility index (Phi) is 5.45. The van der Waals surface area contributed by atoms with Crippen LogP contribution >= 0.6 is 11.3 Å². The van der Waals surface area contributed by atoms with Crippen LogP contribution in [-0.4, -0.2) is 25.0 Å². The molecule has 0 spiro atoms. The summed E-state index contributed by atoms with van der Waals surface area (Å²) >= 11 is 1.62. The maximum absolute atomic E-state index is 12.7. The summed E-state index contributed by atoms with van der Waals surface area (Å²) in [5.41, 5.74) is 0.211. The van der Waals surface area contributed by atoms with Crippen molar-refractivity contribution in [3.63, 3.8) is 0 Å². The lowest BCUT2D eigenvalue weighted by Gasteiger charge is -2.06. The third-order valence-corrected chi connectivity index (χ3v) is 3.62. The second-order valence-electron chi connectivity index (χ2n) is 4.26. The van der Waals surface area contributed by atoms with E-state index in [1.807, 2.05) is 17.5 Å². The first-order valence-electron chi connectivity index (χ1n) is 6.37. The van der Waals surface area contributed by atoms with Gasteiger partial charge in [-0.1, -0.05) is 6.07 Å². The Hall–Kier alpha value is -2.21. The minimum absolute atomic E-state index is 0.211. The number of ether oxygens (including phenoxy) is 1. The lowest BCUT2D eigenvalue weighted by Crippen LogP contribution is -2.30. The van der Waals surface area contributed by atoms with E-state index >= 15 is 0 Å². The molecule has 0 aliphatic rings. The molecule has 0 atom stereocenters. The van der Waals surface area contributed by atoms with E-state index in [2.05, 4.69) is 5.32 Å². The first-order chi connectivity index (χ1) is 10.1. The van der Waals surface area contributed by atoms with Crippen LogP contribution in [0.25, 0.3) is 0 Å². The van der Waals surface area contributed by atoms with Gasteiger partial charge in [0.05, 0.1) is 5.56 Å². The number of esters is 1. The average molecular weight is 307 g/mol. The summed E-state index contributed by atoms with van der Waals surface area (Å²) < 4.78 is 17.6. The number of nitrogens with one attached hydrogen (secondary N) is 1. The van der Waals surface area contributed by atoms with E-state index in [0.717, 1.165) is 18.6 Å². The van der Waals surface area contributed by atoms with Gasteiger partial charge < -0.3 is 10.1 Å². The van der Waals surface area contributed by atoms with Gasteiger partial charge in [0, 0.05) is 11.4 Å². The summed E-state index contributed by atoms with van der Waals surface area (Å²) in [5, 5.41) is 4.64. The van der Waals surface area contributed by atoms with Crippen molar-refractivity contribution in [2.24, 2.45) is 0 Å². The molecule has 0 aliphatic heterocycles. The minimum atomic E-state index is -0.650. The van der Waals surface area contributed by atoms with E-state index < -0.39 is 11.8 Å². The first-order valence-corrected chi connectivity index (χ1v) is 7.25. The van der Waals surface area contributed by atoms with Gasteiger partial charge in [-0.2, -0.15) is 0 Å². The number of thiophene rings is 1. The summed E-state index contributed by atoms with van der Waals surface area (Å²) in [7, 11) is 0. The molecule has 1 aromatic heterocycles. The van der Waals surface area contributed by atoms with Crippen molar-refractivity contribution in [2.45, 2.75) is 6.42 Å². The quantitative estimate of drug-likeness (QED) is 0.834. The van der Waals surface area contributed by atoms with E-state index in [1.54, 1.807) is 11.3 Å². The van der Waals surface area contributed by atoms with E-state index in [0.29, 0.717) is 6.54 Å². The average Bonchev–Trinajstić information content (AvgIpc) is 2.99. The topological polar surface area (TPSA) is 55.4 Å². The number of carbonyl (C=O) groups excluding carboxylic acids is 2. The van der Waals surface area contributed by atoms with Gasteiger partial charge in [0.1, 0.15) is 5.82 Å². The SMILES string of the molecule is O=C(COC(=O)c1ccc(F)cc1)NCCc1cccs1. The Balaban J connectivity index is 1.68. The molecular formula is C15H14FNO3S. The van der Waals surface area contributed by atoms with Gasteiger partial charge in [0.25, 0.3) is 5.91 Å². The maximum atomic E-state index is 12.7. The molecule has 1 aromatic carbocycles. The molecule has 21 heavy (non-hydrogen) atoms. The molecule has 0 aliphatic carbocycles. The van der Waals surface area contributed by atoms with E-state index in [1.165, 1.54) is 17.0 Å². The summed E-state index contributed by atoms with van der Waals surface area (Å²) in [5.74, 6) is -1.44. The van der Waals surface area contributed by atoms with Crippen LogP contribution in [0.5, 0.6) is 0 Å². The molecule has 110 valence electrons. The first kappa shape index (κ1) is 15.2. The van der Waals surface area contributed by atoms with Gasteiger partial charge >= 0.3 is 5.97 Å². The van der Waals surface area contributed by atoms with Crippen molar-refractivity contribution in [2.75, 3.05) is 13.2 Å². The van der Waals surface area contributed by atoms with Gasteiger partial charge in [-0.15, -0.1) is 11.3 Å². The fourth-order valence-electron chi connectivity index (χ4n) is 1.63. The molecule has 0 saturated carbocycles. The molecule has 0 saturated heterocycles. The molecule has 6 heteroatoms. The highest BCUT2D eigenvalue weighted by Gasteiger charge is 2.09. The highest BCUT2D eigenvalue weighted by Crippen LogP contribution is 2.08. The number of carbonyl (C=O) groups is 2. The van der Waals surface area contributed by atoms with Crippen LogP contribution in [-0.2, 0) is 16.0 Å². The van der Waals surface area contributed by atoms with Crippen LogP contribution in [0.1, 0.15) is 15.2 Å². The van der Waals surface area contributed by atoms with Gasteiger partial charge in [-0.05, 0) is 42.1 Å². The van der Waals surface area contributed by atoms with E-state index in [-0.39, 0.29) is 18.1 Å². The van der Waals surface area contributed by atoms with Crippen molar-refractivity contribution >= 4 is 23.2 Å². The van der Waals surface area contributed by atoms with E-state index in [4.69, 9.17) is 4.74 Å². The molecule has 2 rings (SSSR count). The molecule has 0 bridgehead atoms. The highest BCUT2D eigenvalue weighted by atomic mass is 32.1. The second-order valence-corrected chi connectivity index (χ2v) is 5.29. The number of amides is 1. The third-order valence-electron chi connectivity index (χ3n) is 2.69. The molecule has 1 heterocycles. The normalized spacial score (nSPS) is 10.1. The number of hydrogen-bond donors (Lipinski definition) is 1. The van der Waals surface area contributed by atoms with Crippen LogP contribution in [0.4, 0.5) is 4.39 Å². The van der Waals surface area contributed by atoms with E-state index in [9.17, 15) is 14.0 Å². The Labute approximate surface area is 125 Å². The molecule has 1 N–H and O–H groups in total. The molecule has 0 unspecified atom stereocenters. The van der Waals surface area contributed by atoms with Crippen LogP contribution in [0.2, 0.25) is 0 Å². The molecule has 0 radical (unpaired) electrons. The standard InChI is InChI=1S/C15H14FNO3S/c16-12-5-3-11(4-6-12)15(19)20-10-14(18)17-8-7-13-2-1-9-21-13/h1-6,9H,7-8,10H2,(H,17,18). The Morgan fingerprint density at radius 1 is 1.19 bits per heavy atom. The highest BCUT2D eigenvalue weighted by molar-refractivity contribution is 7.09. The van der Waals surface area contributed by atoms with Gasteiger partial charge in [-0.25, -0.2) is 9.18 Å². The van der Waals surface area contributed by atoms with Crippen molar-refractivity contribution in [1.29, 1.82) is 0 Å². The third kappa shape index (κ3) is 5.00. The molecule has 4 nitrogen and oxygen atoms in total. The minimum Gasteiger partial charge on any atom is -0.452 e. The van der Waals surface area contributed by atoms with Gasteiger partial charge in [-0.3, -0.25) is 4.79 Å². The summed E-state index contributed by atoms with van der Waals surface area (Å²) in [6.07, 6.45) is 0.745. The fourth-order valence-corrected chi connectivity index (χ4v) is 2.34. The Morgan fingerprint density at radius 3 is 2.62 bits per heavy atom. The number of rotatable bonds is 6. The van der Waals surface area contributed by atoms with Gasteiger partial charge in [0.15, 0.2) is 6.61 Å². The van der Waals surface area contributed by atoms with Gasteiger partial charge in [0.2, 0.25) is 0 Å². The smallest absolute Gasteiger partial charge is 0.338 e. The number of benzene rings is 1. The van der Waals surface area contributed by atoms with Crippen LogP contribution in [0, 0.1) is 5.82 Å². The van der Waals surface area contributed by atoms with Crippen LogP contribution in [0.15, 0.2) is 41.8 Å². The second kappa shape index (κ2) is 7.54. The van der Waals surface area contributed by atoms with Crippen LogP contribution < -0.4 is 5.32 Å². The summed E-state index contributed by atoms with van der Waals surface area (Å²) in [6, 6.07) is 8.89. The molecule has 2 aromatic rings. The number of hydrogen-bond acceptors (Lipinski definition) is 4. The van der Waals surface area contributed by atoms with Crippen LogP contribution in [0.3, 0.4) is 0 Å².